The molecule has 0 aliphatic carbocycles. The number of esters is 1. The summed E-state index contributed by atoms with van der Waals surface area (Å²) in [6, 6.07) is 4.88. The molecule has 1 aromatic carbocycles. The Morgan fingerprint density at radius 3 is 2.45 bits per heavy atom. The SMILES string of the molecule is CNC1CCN(S(=O)(=O)c2ccc(C(=O)OC)c(C)c2)CC1. The second kappa shape index (κ2) is 6.76. The lowest BCUT2D eigenvalue weighted by atomic mass is 10.1. The molecule has 1 aliphatic heterocycles. The molecule has 1 saturated heterocycles. The second-order valence-electron chi connectivity index (χ2n) is 5.44. The summed E-state index contributed by atoms with van der Waals surface area (Å²) >= 11 is 0. The number of sulfonamides is 1. The smallest absolute Gasteiger partial charge is 0.338 e. The predicted molar refractivity (Wildman–Crippen MR) is 83.4 cm³/mol. The van der Waals surface area contributed by atoms with Crippen LogP contribution in [0, 0.1) is 6.92 Å². The number of rotatable bonds is 4. The van der Waals surface area contributed by atoms with E-state index in [0.717, 1.165) is 12.8 Å². The van der Waals surface area contributed by atoms with E-state index in [-0.39, 0.29) is 4.90 Å². The van der Waals surface area contributed by atoms with Crippen LogP contribution in [0.15, 0.2) is 23.1 Å². The lowest BCUT2D eigenvalue weighted by Crippen LogP contribution is -2.43. The fraction of sp³-hybridized carbons (Fsp3) is 0.533. The highest BCUT2D eigenvalue weighted by Gasteiger charge is 2.29. The molecular weight excluding hydrogens is 304 g/mol. The molecule has 0 aromatic heterocycles. The number of nitrogens with zero attached hydrogens (tertiary/aromatic N) is 1. The van der Waals surface area contributed by atoms with Crippen LogP contribution in [0.3, 0.4) is 0 Å². The van der Waals surface area contributed by atoms with Gasteiger partial charge in [0, 0.05) is 19.1 Å². The molecule has 6 nitrogen and oxygen atoms in total. The Bertz CT molecular complexity index is 650. The molecule has 2 rings (SSSR count). The van der Waals surface area contributed by atoms with E-state index in [2.05, 4.69) is 10.1 Å². The van der Waals surface area contributed by atoms with Gasteiger partial charge in [-0.05, 0) is 50.6 Å². The van der Waals surface area contributed by atoms with Crippen molar-refractivity contribution in [3.8, 4) is 0 Å². The summed E-state index contributed by atoms with van der Waals surface area (Å²) < 4.78 is 31.5. The summed E-state index contributed by atoms with van der Waals surface area (Å²) in [5.41, 5.74) is 0.980. The number of methoxy groups -OCH3 is 1. The normalized spacial score (nSPS) is 17.4. The van der Waals surface area contributed by atoms with Gasteiger partial charge >= 0.3 is 5.97 Å². The number of piperidine rings is 1. The van der Waals surface area contributed by atoms with Gasteiger partial charge in [0.05, 0.1) is 17.6 Å². The number of carbonyl (C=O) groups is 1. The minimum Gasteiger partial charge on any atom is -0.465 e. The predicted octanol–water partition coefficient (Wildman–Crippen LogP) is 1.15. The lowest BCUT2D eigenvalue weighted by Gasteiger charge is -2.31. The molecule has 1 N–H and O–H groups in total. The molecule has 0 saturated carbocycles. The van der Waals surface area contributed by atoms with Gasteiger partial charge in [-0.1, -0.05) is 0 Å². The van der Waals surface area contributed by atoms with Crippen LogP contribution in [0.1, 0.15) is 28.8 Å². The highest BCUT2D eigenvalue weighted by atomic mass is 32.2. The minimum atomic E-state index is -3.51. The van der Waals surface area contributed by atoms with Gasteiger partial charge in [0.1, 0.15) is 0 Å². The molecule has 0 bridgehead atoms. The number of benzene rings is 1. The number of nitrogens with one attached hydrogen (secondary N) is 1. The van der Waals surface area contributed by atoms with Crippen molar-refractivity contribution in [2.24, 2.45) is 0 Å². The van der Waals surface area contributed by atoms with Crippen molar-refractivity contribution in [3.63, 3.8) is 0 Å². The standard InChI is InChI=1S/C15H22N2O4S/c1-11-10-13(4-5-14(11)15(18)21-3)22(19,20)17-8-6-12(16-2)7-9-17/h4-5,10,12,16H,6-9H2,1-3H3. The van der Waals surface area contributed by atoms with E-state index in [1.807, 2.05) is 7.05 Å². The maximum absolute atomic E-state index is 12.7. The van der Waals surface area contributed by atoms with E-state index in [9.17, 15) is 13.2 Å². The van der Waals surface area contributed by atoms with Crippen LogP contribution in [0.5, 0.6) is 0 Å². The van der Waals surface area contributed by atoms with E-state index >= 15 is 0 Å². The minimum absolute atomic E-state index is 0.223. The van der Waals surface area contributed by atoms with Gasteiger partial charge in [-0.15, -0.1) is 0 Å². The molecule has 0 unspecified atom stereocenters. The highest BCUT2D eigenvalue weighted by Crippen LogP contribution is 2.23. The summed E-state index contributed by atoms with van der Waals surface area (Å²) in [7, 11) is -0.315. The van der Waals surface area contributed by atoms with Crippen LogP contribution in [0.2, 0.25) is 0 Å². The summed E-state index contributed by atoms with van der Waals surface area (Å²) in [5, 5.41) is 3.18. The number of hydrogen-bond donors (Lipinski definition) is 1. The van der Waals surface area contributed by atoms with Crippen molar-refractivity contribution < 1.29 is 17.9 Å². The highest BCUT2D eigenvalue weighted by molar-refractivity contribution is 7.89. The summed E-state index contributed by atoms with van der Waals surface area (Å²) in [4.78, 5) is 11.8. The monoisotopic (exact) mass is 326 g/mol. The zero-order valence-electron chi connectivity index (χ0n) is 13.1. The van der Waals surface area contributed by atoms with Crippen LogP contribution >= 0.6 is 0 Å². The molecule has 122 valence electrons. The van der Waals surface area contributed by atoms with Crippen LogP contribution < -0.4 is 5.32 Å². The van der Waals surface area contributed by atoms with Gasteiger partial charge in [-0.25, -0.2) is 13.2 Å². The van der Waals surface area contributed by atoms with Gasteiger partial charge < -0.3 is 10.1 Å². The third-order valence-electron chi connectivity index (χ3n) is 4.10. The van der Waals surface area contributed by atoms with Gasteiger partial charge in [0.25, 0.3) is 0 Å². The Balaban J connectivity index is 2.23. The van der Waals surface area contributed by atoms with Crippen LogP contribution in [-0.4, -0.2) is 52.0 Å². The average molecular weight is 326 g/mol. The van der Waals surface area contributed by atoms with Gasteiger partial charge in [-0.2, -0.15) is 4.31 Å². The van der Waals surface area contributed by atoms with E-state index < -0.39 is 16.0 Å². The zero-order valence-corrected chi connectivity index (χ0v) is 13.9. The van der Waals surface area contributed by atoms with E-state index in [1.54, 1.807) is 6.92 Å². The largest absolute Gasteiger partial charge is 0.465 e. The van der Waals surface area contributed by atoms with Crippen molar-refractivity contribution in [3.05, 3.63) is 29.3 Å². The van der Waals surface area contributed by atoms with Gasteiger partial charge in [-0.3, -0.25) is 0 Å². The fourth-order valence-corrected chi connectivity index (χ4v) is 4.22. The van der Waals surface area contributed by atoms with Crippen molar-refractivity contribution in [1.29, 1.82) is 0 Å². The molecular formula is C15H22N2O4S. The molecule has 0 spiro atoms. The van der Waals surface area contributed by atoms with Crippen LogP contribution in [0.4, 0.5) is 0 Å². The zero-order chi connectivity index (χ0) is 16.3. The third-order valence-corrected chi connectivity index (χ3v) is 6.00. The first kappa shape index (κ1) is 16.9. The van der Waals surface area contributed by atoms with Crippen molar-refractivity contribution in [2.45, 2.75) is 30.7 Å². The summed E-state index contributed by atoms with van der Waals surface area (Å²) in [6.07, 6.45) is 1.60. The number of aryl methyl sites for hydroxylation is 1. The first-order valence-corrected chi connectivity index (χ1v) is 8.70. The van der Waals surface area contributed by atoms with E-state index in [4.69, 9.17) is 0 Å². The molecule has 1 fully saturated rings. The molecule has 22 heavy (non-hydrogen) atoms. The Kier molecular flexibility index (Phi) is 5.20. The van der Waals surface area contributed by atoms with Crippen molar-refractivity contribution in [1.82, 2.24) is 9.62 Å². The van der Waals surface area contributed by atoms with Gasteiger partial charge in [0.2, 0.25) is 10.0 Å². The van der Waals surface area contributed by atoms with Crippen LogP contribution in [0.25, 0.3) is 0 Å². The Labute approximate surface area is 131 Å². The first-order valence-electron chi connectivity index (χ1n) is 7.26. The second-order valence-corrected chi connectivity index (χ2v) is 7.37. The molecule has 7 heteroatoms. The Hall–Kier alpha value is -1.44. The maximum Gasteiger partial charge on any atom is 0.338 e. The maximum atomic E-state index is 12.7. The topological polar surface area (TPSA) is 75.7 Å². The van der Waals surface area contributed by atoms with Crippen molar-refractivity contribution >= 4 is 16.0 Å². The van der Waals surface area contributed by atoms with Crippen molar-refractivity contribution in [2.75, 3.05) is 27.2 Å². The fourth-order valence-electron chi connectivity index (χ4n) is 2.67. The number of ether oxygens (including phenoxy) is 1. The Morgan fingerprint density at radius 2 is 1.95 bits per heavy atom. The quantitative estimate of drug-likeness (QED) is 0.840. The average Bonchev–Trinajstić information content (AvgIpc) is 2.54. The molecule has 1 heterocycles. The molecule has 1 aliphatic rings. The summed E-state index contributed by atoms with van der Waals surface area (Å²) in [5.74, 6) is -0.462. The third kappa shape index (κ3) is 3.31. The van der Waals surface area contributed by atoms with Crippen LogP contribution in [-0.2, 0) is 14.8 Å². The lowest BCUT2D eigenvalue weighted by molar-refractivity contribution is 0.0600. The Morgan fingerprint density at radius 1 is 1.32 bits per heavy atom. The molecule has 1 aromatic rings. The molecule has 0 amide bonds. The first-order chi connectivity index (χ1) is 10.4. The molecule has 0 atom stereocenters. The van der Waals surface area contributed by atoms with Gasteiger partial charge in [0.15, 0.2) is 0 Å². The number of hydrogen-bond acceptors (Lipinski definition) is 5. The van der Waals surface area contributed by atoms with E-state index in [0.29, 0.717) is 30.3 Å². The molecule has 0 radical (unpaired) electrons. The summed E-state index contributed by atoms with van der Waals surface area (Å²) in [6.45, 7) is 2.72. The van der Waals surface area contributed by atoms with E-state index in [1.165, 1.54) is 29.6 Å². The number of carbonyl (C=O) groups excluding carboxylic acids is 1.